The molecular formula is C20H21N5O3. The number of carbonyl (C=O) groups is 1. The molecule has 0 aliphatic carbocycles. The minimum absolute atomic E-state index is 0.191. The molecule has 0 saturated carbocycles. The summed E-state index contributed by atoms with van der Waals surface area (Å²) in [7, 11) is 1.60. The minimum Gasteiger partial charge on any atom is -0.496 e. The fraction of sp³-hybridized carbons (Fsp3) is 0.250. The number of nitrogens with two attached hydrogens (primary N) is 1. The maximum atomic E-state index is 12.2. The minimum atomic E-state index is -0.598. The number of primary amides is 1. The van der Waals surface area contributed by atoms with Crippen LogP contribution in [0.3, 0.4) is 0 Å². The van der Waals surface area contributed by atoms with Gasteiger partial charge < -0.3 is 20.1 Å². The monoisotopic (exact) mass is 379 g/mol. The predicted molar refractivity (Wildman–Crippen MR) is 105 cm³/mol. The van der Waals surface area contributed by atoms with Crippen molar-refractivity contribution in [1.29, 1.82) is 0 Å². The van der Waals surface area contributed by atoms with Crippen LogP contribution in [0, 0.1) is 0 Å². The molecular weight excluding hydrogens is 358 g/mol. The maximum Gasteiger partial charge on any atom is 0.267 e. The third-order valence-corrected chi connectivity index (χ3v) is 4.77. The summed E-state index contributed by atoms with van der Waals surface area (Å²) in [5.41, 5.74) is 9.68. The second kappa shape index (κ2) is 7.69. The van der Waals surface area contributed by atoms with Crippen molar-refractivity contribution in [1.82, 2.24) is 15.2 Å². The van der Waals surface area contributed by atoms with Crippen LogP contribution >= 0.6 is 0 Å². The highest BCUT2D eigenvalue weighted by Crippen LogP contribution is 2.36. The van der Waals surface area contributed by atoms with E-state index in [1.807, 2.05) is 30.3 Å². The number of anilines is 1. The van der Waals surface area contributed by atoms with Gasteiger partial charge in [-0.1, -0.05) is 0 Å². The molecule has 3 N–H and O–H groups in total. The lowest BCUT2D eigenvalue weighted by Gasteiger charge is -2.29. The zero-order chi connectivity index (χ0) is 19.5. The SMILES string of the molecule is COc1ccc(N2CCOCC2)cc1-c1ccc(-c2cn[nH]c2)nc1C(N)=O. The molecule has 4 rings (SSSR count). The van der Waals surface area contributed by atoms with Crippen LogP contribution in [-0.2, 0) is 4.74 Å². The van der Waals surface area contributed by atoms with E-state index >= 15 is 0 Å². The van der Waals surface area contributed by atoms with E-state index < -0.39 is 5.91 Å². The summed E-state index contributed by atoms with van der Waals surface area (Å²) in [5.74, 6) is 0.0524. The van der Waals surface area contributed by atoms with Gasteiger partial charge >= 0.3 is 0 Å². The van der Waals surface area contributed by atoms with E-state index in [0.717, 1.165) is 29.9 Å². The molecule has 0 radical (unpaired) electrons. The Morgan fingerprint density at radius 2 is 2.04 bits per heavy atom. The number of amides is 1. The molecule has 0 atom stereocenters. The summed E-state index contributed by atoms with van der Waals surface area (Å²) < 4.78 is 11.0. The summed E-state index contributed by atoms with van der Waals surface area (Å²) in [6.45, 7) is 3.00. The second-order valence-electron chi connectivity index (χ2n) is 6.43. The van der Waals surface area contributed by atoms with Crippen LogP contribution < -0.4 is 15.4 Å². The number of methoxy groups -OCH3 is 1. The molecule has 1 aliphatic heterocycles. The lowest BCUT2D eigenvalue weighted by Crippen LogP contribution is -2.36. The van der Waals surface area contributed by atoms with E-state index in [4.69, 9.17) is 15.2 Å². The Balaban J connectivity index is 1.81. The Morgan fingerprint density at radius 1 is 1.21 bits per heavy atom. The van der Waals surface area contributed by atoms with Gasteiger partial charge in [0.1, 0.15) is 11.4 Å². The Bertz CT molecular complexity index is 982. The number of hydrogen-bond donors (Lipinski definition) is 2. The van der Waals surface area contributed by atoms with Crippen LogP contribution in [0.5, 0.6) is 5.75 Å². The molecule has 0 bridgehead atoms. The lowest BCUT2D eigenvalue weighted by atomic mass is 10.00. The first kappa shape index (κ1) is 18.0. The number of aromatic nitrogens is 3. The first-order chi connectivity index (χ1) is 13.7. The molecule has 3 aromatic rings. The van der Waals surface area contributed by atoms with Gasteiger partial charge in [0.05, 0.1) is 32.2 Å². The van der Waals surface area contributed by atoms with Gasteiger partial charge in [0, 0.05) is 41.7 Å². The molecule has 2 aromatic heterocycles. The molecule has 8 nitrogen and oxygen atoms in total. The quantitative estimate of drug-likeness (QED) is 0.703. The van der Waals surface area contributed by atoms with E-state index in [1.54, 1.807) is 19.5 Å². The molecule has 0 spiro atoms. The number of nitrogens with zero attached hydrogens (tertiary/aromatic N) is 3. The number of morpholine rings is 1. The van der Waals surface area contributed by atoms with Gasteiger partial charge in [-0.05, 0) is 30.3 Å². The smallest absolute Gasteiger partial charge is 0.267 e. The van der Waals surface area contributed by atoms with E-state index in [9.17, 15) is 4.79 Å². The third kappa shape index (κ3) is 3.41. The number of carbonyl (C=O) groups excluding carboxylic acids is 1. The van der Waals surface area contributed by atoms with Crippen molar-refractivity contribution in [2.24, 2.45) is 5.73 Å². The first-order valence-corrected chi connectivity index (χ1v) is 8.98. The van der Waals surface area contributed by atoms with Gasteiger partial charge in [-0.25, -0.2) is 4.98 Å². The normalized spacial score (nSPS) is 14.1. The van der Waals surface area contributed by atoms with E-state index in [1.165, 1.54) is 0 Å². The number of ether oxygens (including phenoxy) is 2. The van der Waals surface area contributed by atoms with Gasteiger partial charge in [-0.15, -0.1) is 0 Å². The summed E-state index contributed by atoms with van der Waals surface area (Å²) >= 11 is 0. The average molecular weight is 379 g/mol. The highest BCUT2D eigenvalue weighted by atomic mass is 16.5. The molecule has 3 heterocycles. The molecule has 1 fully saturated rings. The second-order valence-corrected chi connectivity index (χ2v) is 6.43. The molecule has 1 saturated heterocycles. The van der Waals surface area contributed by atoms with Crippen LogP contribution in [0.1, 0.15) is 10.5 Å². The van der Waals surface area contributed by atoms with Gasteiger partial charge in [-0.3, -0.25) is 9.89 Å². The van der Waals surface area contributed by atoms with E-state index in [-0.39, 0.29) is 5.69 Å². The topological polar surface area (TPSA) is 106 Å². The zero-order valence-electron chi connectivity index (χ0n) is 15.5. The number of hydrogen-bond acceptors (Lipinski definition) is 6. The molecule has 1 aromatic carbocycles. The van der Waals surface area contributed by atoms with Crippen LogP contribution in [0.2, 0.25) is 0 Å². The highest BCUT2D eigenvalue weighted by molar-refractivity contribution is 5.99. The number of nitrogens with one attached hydrogen (secondary N) is 1. The third-order valence-electron chi connectivity index (χ3n) is 4.77. The van der Waals surface area contributed by atoms with Crippen molar-refractivity contribution in [3.8, 4) is 28.1 Å². The van der Waals surface area contributed by atoms with Crippen molar-refractivity contribution < 1.29 is 14.3 Å². The molecule has 8 heteroatoms. The van der Waals surface area contributed by atoms with Crippen molar-refractivity contribution in [2.75, 3.05) is 38.3 Å². The number of pyridine rings is 1. The van der Waals surface area contributed by atoms with Crippen molar-refractivity contribution in [3.63, 3.8) is 0 Å². The number of aromatic amines is 1. The van der Waals surface area contributed by atoms with Crippen molar-refractivity contribution in [3.05, 3.63) is 48.4 Å². The maximum absolute atomic E-state index is 12.2. The van der Waals surface area contributed by atoms with Crippen molar-refractivity contribution >= 4 is 11.6 Å². The largest absolute Gasteiger partial charge is 0.496 e. The van der Waals surface area contributed by atoms with Gasteiger partial charge in [0.2, 0.25) is 0 Å². The van der Waals surface area contributed by atoms with Crippen molar-refractivity contribution in [2.45, 2.75) is 0 Å². The van der Waals surface area contributed by atoms with E-state index in [0.29, 0.717) is 30.2 Å². The standard InChI is InChI=1S/C20H21N5O3/c1-27-18-5-2-14(25-6-8-28-9-7-25)10-16(18)15-3-4-17(13-11-22-23-12-13)24-19(15)20(21)26/h2-5,10-12H,6-9H2,1H3,(H2,21,26)(H,22,23). The first-order valence-electron chi connectivity index (χ1n) is 8.98. The number of rotatable bonds is 5. The number of H-pyrrole nitrogens is 1. The van der Waals surface area contributed by atoms with Crippen LogP contribution in [0.25, 0.3) is 22.4 Å². The van der Waals surface area contributed by atoms with E-state index in [2.05, 4.69) is 20.1 Å². The van der Waals surface area contributed by atoms with Crippen LogP contribution in [-0.4, -0.2) is 54.5 Å². The average Bonchev–Trinajstić information content (AvgIpc) is 3.28. The summed E-state index contributed by atoms with van der Waals surface area (Å²) in [6, 6.07) is 9.59. The number of benzene rings is 1. The molecule has 1 aliphatic rings. The summed E-state index contributed by atoms with van der Waals surface area (Å²) in [5, 5.41) is 6.67. The predicted octanol–water partition coefficient (Wildman–Crippen LogP) is 2.08. The van der Waals surface area contributed by atoms with Crippen LogP contribution in [0.15, 0.2) is 42.7 Å². The highest BCUT2D eigenvalue weighted by Gasteiger charge is 2.19. The Kier molecular flexibility index (Phi) is 4.94. The Hall–Kier alpha value is -3.39. The Morgan fingerprint density at radius 3 is 2.71 bits per heavy atom. The lowest BCUT2D eigenvalue weighted by molar-refractivity contribution is 0.0996. The zero-order valence-corrected chi connectivity index (χ0v) is 15.5. The van der Waals surface area contributed by atoms with Gasteiger partial charge in [0.15, 0.2) is 0 Å². The van der Waals surface area contributed by atoms with Gasteiger partial charge in [0.25, 0.3) is 5.91 Å². The molecule has 144 valence electrons. The van der Waals surface area contributed by atoms with Gasteiger partial charge in [-0.2, -0.15) is 5.10 Å². The van der Waals surface area contributed by atoms with Crippen LogP contribution in [0.4, 0.5) is 5.69 Å². The molecule has 0 unspecified atom stereocenters. The molecule has 28 heavy (non-hydrogen) atoms. The fourth-order valence-electron chi connectivity index (χ4n) is 3.34. The summed E-state index contributed by atoms with van der Waals surface area (Å²) in [6.07, 6.45) is 3.36. The fourth-order valence-corrected chi connectivity index (χ4v) is 3.34. The Labute approximate surface area is 162 Å². The summed E-state index contributed by atoms with van der Waals surface area (Å²) in [4.78, 5) is 18.9. The molecule has 1 amide bonds.